The van der Waals surface area contributed by atoms with Crippen LogP contribution in [-0.2, 0) is 9.53 Å². The fraction of sp³-hybridized carbons (Fsp3) is 0.867. The molecule has 2 unspecified atom stereocenters. The molecular weight excluding hydrogens is 242 g/mol. The Hall–Kier alpha value is -1.06. The summed E-state index contributed by atoms with van der Waals surface area (Å²) in [6.07, 6.45) is 3.79. The number of rotatable bonds is 1. The van der Waals surface area contributed by atoms with Gasteiger partial charge in [0.1, 0.15) is 11.4 Å². The summed E-state index contributed by atoms with van der Waals surface area (Å²) in [5.41, 5.74) is -0.266. The first kappa shape index (κ1) is 14.4. The van der Waals surface area contributed by atoms with Gasteiger partial charge in [0.15, 0.2) is 0 Å². The first-order valence-electron chi connectivity index (χ1n) is 7.19. The van der Waals surface area contributed by atoms with Gasteiger partial charge in [0.25, 0.3) is 0 Å². The van der Waals surface area contributed by atoms with Gasteiger partial charge >= 0.3 is 6.09 Å². The number of carbonyl (C=O) groups is 2. The average molecular weight is 267 g/mol. The van der Waals surface area contributed by atoms with Crippen LogP contribution in [-0.4, -0.2) is 35.5 Å². The molecule has 2 atom stereocenters. The number of amides is 1. The van der Waals surface area contributed by atoms with E-state index in [2.05, 4.69) is 0 Å². The molecule has 108 valence electrons. The normalized spacial score (nSPS) is 30.9. The van der Waals surface area contributed by atoms with Crippen LogP contribution in [0, 0.1) is 11.3 Å². The van der Waals surface area contributed by atoms with Crippen molar-refractivity contribution in [2.45, 2.75) is 59.0 Å². The summed E-state index contributed by atoms with van der Waals surface area (Å²) >= 11 is 0. The van der Waals surface area contributed by atoms with Crippen molar-refractivity contribution < 1.29 is 14.3 Å². The Balaban J connectivity index is 1.93. The van der Waals surface area contributed by atoms with E-state index in [0.717, 1.165) is 38.8 Å². The van der Waals surface area contributed by atoms with Crippen molar-refractivity contribution in [2.24, 2.45) is 11.3 Å². The van der Waals surface area contributed by atoms with Crippen LogP contribution in [0.4, 0.5) is 4.79 Å². The lowest BCUT2D eigenvalue weighted by Gasteiger charge is -2.27. The zero-order valence-electron chi connectivity index (χ0n) is 12.5. The highest BCUT2D eigenvalue weighted by atomic mass is 16.6. The average Bonchev–Trinajstić information content (AvgIpc) is 2.85. The van der Waals surface area contributed by atoms with Crippen molar-refractivity contribution in [3.63, 3.8) is 0 Å². The van der Waals surface area contributed by atoms with Crippen molar-refractivity contribution >= 4 is 11.9 Å². The fourth-order valence-corrected chi connectivity index (χ4v) is 3.34. The van der Waals surface area contributed by atoms with Gasteiger partial charge in [0, 0.05) is 19.0 Å². The zero-order chi connectivity index (χ0) is 14.3. The zero-order valence-corrected chi connectivity index (χ0v) is 12.5. The Morgan fingerprint density at radius 1 is 1.26 bits per heavy atom. The van der Waals surface area contributed by atoms with Crippen LogP contribution in [0.2, 0.25) is 0 Å². The summed E-state index contributed by atoms with van der Waals surface area (Å²) in [7, 11) is 0. The van der Waals surface area contributed by atoms with E-state index in [1.807, 2.05) is 25.7 Å². The number of hydrogen-bond donors (Lipinski definition) is 0. The molecule has 0 aromatic rings. The van der Waals surface area contributed by atoms with Crippen LogP contribution in [0.5, 0.6) is 0 Å². The van der Waals surface area contributed by atoms with Gasteiger partial charge in [-0.05, 0) is 58.8 Å². The third-order valence-electron chi connectivity index (χ3n) is 4.37. The molecule has 2 fully saturated rings. The van der Waals surface area contributed by atoms with E-state index in [9.17, 15) is 9.59 Å². The molecule has 1 saturated heterocycles. The second kappa shape index (κ2) is 4.80. The summed E-state index contributed by atoms with van der Waals surface area (Å²) in [6.45, 7) is 8.86. The van der Waals surface area contributed by atoms with Crippen LogP contribution in [0.1, 0.15) is 53.4 Å². The van der Waals surface area contributed by atoms with Crippen molar-refractivity contribution in [1.82, 2.24) is 4.90 Å². The SMILES string of the molecule is CC(=O)C1CCC2(CCN(C(=O)OC(C)(C)C)C2)C1. The van der Waals surface area contributed by atoms with Crippen LogP contribution >= 0.6 is 0 Å². The summed E-state index contributed by atoms with van der Waals surface area (Å²) < 4.78 is 5.42. The highest BCUT2D eigenvalue weighted by Gasteiger charge is 2.46. The number of ether oxygens (including phenoxy) is 1. The van der Waals surface area contributed by atoms with E-state index in [0.29, 0.717) is 5.78 Å². The molecule has 0 N–H and O–H groups in total. The molecule has 0 aromatic carbocycles. The third-order valence-corrected chi connectivity index (χ3v) is 4.37. The van der Waals surface area contributed by atoms with Gasteiger partial charge in [-0.25, -0.2) is 4.79 Å². The molecule has 4 heteroatoms. The van der Waals surface area contributed by atoms with E-state index in [1.54, 1.807) is 6.92 Å². The highest BCUT2D eigenvalue weighted by Crippen LogP contribution is 2.48. The third kappa shape index (κ3) is 3.28. The lowest BCUT2D eigenvalue weighted by Crippen LogP contribution is -2.36. The van der Waals surface area contributed by atoms with Gasteiger partial charge in [0.05, 0.1) is 0 Å². The molecule has 4 nitrogen and oxygen atoms in total. The van der Waals surface area contributed by atoms with Crippen molar-refractivity contribution in [2.75, 3.05) is 13.1 Å². The van der Waals surface area contributed by atoms with Crippen molar-refractivity contribution in [3.05, 3.63) is 0 Å². The fourth-order valence-electron chi connectivity index (χ4n) is 3.34. The number of ketones is 1. The van der Waals surface area contributed by atoms with Gasteiger partial charge in [0.2, 0.25) is 0 Å². The van der Waals surface area contributed by atoms with Gasteiger partial charge < -0.3 is 9.64 Å². The standard InChI is InChI=1S/C15H25NO3/c1-11(17)12-5-6-15(9-12)7-8-16(10-15)13(18)19-14(2,3)4/h12H,5-10H2,1-4H3. The topological polar surface area (TPSA) is 46.6 Å². The summed E-state index contributed by atoms with van der Waals surface area (Å²) in [5.74, 6) is 0.506. The number of carbonyl (C=O) groups excluding carboxylic acids is 2. The molecule has 0 bridgehead atoms. The molecule has 2 rings (SSSR count). The lowest BCUT2D eigenvalue weighted by molar-refractivity contribution is -0.120. The predicted molar refractivity (Wildman–Crippen MR) is 72.9 cm³/mol. The van der Waals surface area contributed by atoms with Crippen LogP contribution in [0.15, 0.2) is 0 Å². The Morgan fingerprint density at radius 3 is 2.47 bits per heavy atom. The number of nitrogens with zero attached hydrogens (tertiary/aromatic N) is 1. The van der Waals surface area contributed by atoms with Gasteiger partial charge in [-0.15, -0.1) is 0 Å². The minimum Gasteiger partial charge on any atom is -0.444 e. The Morgan fingerprint density at radius 2 is 1.95 bits per heavy atom. The summed E-state index contributed by atoms with van der Waals surface area (Å²) in [5, 5.41) is 0. The van der Waals surface area contributed by atoms with E-state index < -0.39 is 5.60 Å². The lowest BCUT2D eigenvalue weighted by atomic mass is 9.84. The maximum atomic E-state index is 12.1. The van der Waals surface area contributed by atoms with Gasteiger partial charge in [-0.1, -0.05) is 0 Å². The molecular formula is C15H25NO3. The maximum absolute atomic E-state index is 12.1. The van der Waals surface area contributed by atoms with E-state index in [4.69, 9.17) is 4.74 Å². The monoisotopic (exact) mass is 267 g/mol. The molecule has 1 aliphatic carbocycles. The van der Waals surface area contributed by atoms with Crippen LogP contribution in [0.25, 0.3) is 0 Å². The Kier molecular flexibility index (Phi) is 3.63. The minimum absolute atomic E-state index is 0.174. The summed E-state index contributed by atoms with van der Waals surface area (Å²) in [4.78, 5) is 25.4. The van der Waals surface area contributed by atoms with Crippen LogP contribution in [0.3, 0.4) is 0 Å². The molecule has 0 radical (unpaired) electrons. The number of hydrogen-bond acceptors (Lipinski definition) is 3. The maximum Gasteiger partial charge on any atom is 0.410 e. The first-order valence-corrected chi connectivity index (χ1v) is 7.19. The smallest absolute Gasteiger partial charge is 0.410 e. The van der Waals surface area contributed by atoms with Crippen LogP contribution < -0.4 is 0 Å². The molecule has 1 heterocycles. The second-order valence-corrected chi connectivity index (χ2v) is 7.20. The largest absolute Gasteiger partial charge is 0.444 e. The molecule has 1 amide bonds. The quantitative estimate of drug-likeness (QED) is 0.733. The second-order valence-electron chi connectivity index (χ2n) is 7.20. The number of Topliss-reactive ketones (excluding diaryl/α,β-unsaturated/α-hetero) is 1. The van der Waals surface area contributed by atoms with Crippen molar-refractivity contribution in [3.8, 4) is 0 Å². The first-order chi connectivity index (χ1) is 8.71. The van der Waals surface area contributed by atoms with E-state index in [1.165, 1.54) is 0 Å². The van der Waals surface area contributed by atoms with Gasteiger partial charge in [-0.2, -0.15) is 0 Å². The van der Waals surface area contributed by atoms with E-state index >= 15 is 0 Å². The van der Waals surface area contributed by atoms with Crippen molar-refractivity contribution in [1.29, 1.82) is 0 Å². The Labute approximate surface area is 115 Å². The van der Waals surface area contributed by atoms with E-state index in [-0.39, 0.29) is 17.4 Å². The highest BCUT2D eigenvalue weighted by molar-refractivity contribution is 5.78. The number of likely N-dealkylation sites (tertiary alicyclic amines) is 1. The molecule has 1 spiro atoms. The minimum atomic E-state index is -0.440. The molecule has 1 aliphatic heterocycles. The molecule has 19 heavy (non-hydrogen) atoms. The predicted octanol–water partition coefficient (Wildman–Crippen LogP) is 3.00. The Bertz CT molecular complexity index is 385. The van der Waals surface area contributed by atoms with Gasteiger partial charge in [-0.3, -0.25) is 4.79 Å². The molecule has 1 saturated carbocycles. The molecule has 0 aromatic heterocycles. The molecule has 2 aliphatic rings. The summed E-state index contributed by atoms with van der Waals surface area (Å²) in [6, 6.07) is 0.